The number of rotatable bonds is 6. The van der Waals surface area contributed by atoms with Gasteiger partial charge in [0.2, 0.25) is 10.0 Å². The molecule has 0 aliphatic rings. The highest BCUT2D eigenvalue weighted by Gasteiger charge is 2.16. The first-order valence-electron chi connectivity index (χ1n) is 9.77. The topological polar surface area (TPSA) is 176 Å². The molecule has 34 heavy (non-hydrogen) atoms. The van der Waals surface area contributed by atoms with Crippen molar-refractivity contribution >= 4 is 27.6 Å². The lowest BCUT2D eigenvalue weighted by molar-refractivity contribution is 0.0693. The Balaban J connectivity index is 2.03. The maximum Gasteiger partial charge on any atom is 0.339 e. The molecule has 0 aliphatic carbocycles. The number of hydrogen-bond donors (Lipinski definition) is 4. The molecule has 0 heterocycles. The van der Waals surface area contributed by atoms with Crippen LogP contribution in [0.1, 0.15) is 31.8 Å². The smallest absolute Gasteiger partial charge is 0.339 e. The van der Waals surface area contributed by atoms with Crippen molar-refractivity contribution in [3.05, 3.63) is 76.9 Å². The number of ether oxygens (including phenoxy) is 1. The van der Waals surface area contributed by atoms with E-state index >= 15 is 0 Å². The Bertz CT molecular complexity index is 1450. The van der Waals surface area contributed by atoms with E-state index in [1.807, 2.05) is 0 Å². The largest absolute Gasteiger partial charge is 0.496 e. The van der Waals surface area contributed by atoms with Gasteiger partial charge in [-0.05, 0) is 35.9 Å². The molecule has 0 spiro atoms. The van der Waals surface area contributed by atoms with Crippen LogP contribution < -0.4 is 21.3 Å². The van der Waals surface area contributed by atoms with Gasteiger partial charge in [0.05, 0.1) is 23.3 Å². The second-order valence-electron chi connectivity index (χ2n) is 7.20. The summed E-state index contributed by atoms with van der Waals surface area (Å²) in [6.45, 7) is 0. The van der Waals surface area contributed by atoms with Gasteiger partial charge in [0.15, 0.2) is 0 Å². The summed E-state index contributed by atoms with van der Waals surface area (Å²) >= 11 is 0. The lowest BCUT2D eigenvalue weighted by Gasteiger charge is -2.11. The predicted molar refractivity (Wildman–Crippen MR) is 127 cm³/mol. The average molecular weight is 480 g/mol. The maximum atomic E-state index is 11.9. The Hall–Kier alpha value is -4.33. The summed E-state index contributed by atoms with van der Waals surface area (Å²) < 4.78 is 28.3. The van der Waals surface area contributed by atoms with Crippen LogP contribution in [0.4, 0.5) is 5.69 Å². The van der Waals surface area contributed by atoms with Gasteiger partial charge in [0, 0.05) is 23.1 Å². The van der Waals surface area contributed by atoms with Gasteiger partial charge in [0.1, 0.15) is 11.3 Å². The van der Waals surface area contributed by atoms with E-state index in [2.05, 4.69) is 11.8 Å². The monoisotopic (exact) mass is 479 g/mol. The highest BCUT2D eigenvalue weighted by Crippen LogP contribution is 2.31. The minimum atomic E-state index is -3.87. The van der Waals surface area contributed by atoms with Crippen molar-refractivity contribution in [1.29, 1.82) is 0 Å². The number of amides is 1. The second kappa shape index (κ2) is 9.66. The summed E-state index contributed by atoms with van der Waals surface area (Å²) in [5, 5.41) is 14.5. The Morgan fingerprint density at radius 2 is 1.74 bits per heavy atom. The van der Waals surface area contributed by atoms with E-state index in [1.165, 1.54) is 43.5 Å². The number of sulfonamides is 1. The van der Waals surface area contributed by atoms with Crippen molar-refractivity contribution in [2.24, 2.45) is 10.9 Å². The second-order valence-corrected chi connectivity index (χ2v) is 8.76. The normalized spacial score (nSPS) is 10.8. The van der Waals surface area contributed by atoms with Gasteiger partial charge in [-0.15, -0.1) is 0 Å². The molecule has 3 aromatic rings. The number of aromatic carboxylic acids is 1. The zero-order valence-corrected chi connectivity index (χ0v) is 18.8. The Morgan fingerprint density at radius 1 is 1.06 bits per heavy atom. The van der Waals surface area contributed by atoms with Crippen LogP contribution in [0.3, 0.4) is 0 Å². The number of nitrogens with two attached hydrogens (primary N) is 3. The first-order chi connectivity index (χ1) is 16.0. The third-order valence-electron chi connectivity index (χ3n) is 4.98. The number of primary amides is 1. The van der Waals surface area contributed by atoms with Crippen LogP contribution >= 0.6 is 0 Å². The molecule has 0 saturated heterocycles. The fourth-order valence-electron chi connectivity index (χ4n) is 3.37. The van der Waals surface area contributed by atoms with Crippen LogP contribution in [0.2, 0.25) is 0 Å². The number of hydrogen-bond acceptors (Lipinski definition) is 6. The number of carboxylic acid groups (broad SMARTS) is 1. The van der Waals surface area contributed by atoms with E-state index in [0.717, 1.165) is 0 Å². The molecule has 1 amide bonds. The van der Waals surface area contributed by atoms with Gasteiger partial charge in [-0.1, -0.05) is 36.1 Å². The molecule has 0 atom stereocenters. The Morgan fingerprint density at radius 3 is 2.29 bits per heavy atom. The summed E-state index contributed by atoms with van der Waals surface area (Å²) in [7, 11) is -2.49. The summed E-state index contributed by atoms with van der Waals surface area (Å²) in [4.78, 5) is 23.3. The van der Waals surface area contributed by atoms with Crippen LogP contribution in [0, 0.1) is 11.8 Å². The molecule has 0 radical (unpaired) electrons. The van der Waals surface area contributed by atoms with E-state index in [-0.39, 0.29) is 33.9 Å². The van der Waals surface area contributed by atoms with Crippen molar-refractivity contribution < 1.29 is 27.9 Å². The highest BCUT2D eigenvalue weighted by molar-refractivity contribution is 7.89. The number of carbonyl (C=O) groups excluding carboxylic acids is 1. The number of primary sulfonamides is 1. The van der Waals surface area contributed by atoms with E-state index in [1.54, 1.807) is 18.2 Å². The predicted octanol–water partition coefficient (Wildman–Crippen LogP) is 1.98. The van der Waals surface area contributed by atoms with Crippen LogP contribution in [-0.2, 0) is 16.4 Å². The number of carboxylic acids is 1. The lowest BCUT2D eigenvalue weighted by atomic mass is 9.96. The SMILES string of the molecule is COc1c(CC#Cc2cc(C(N)=O)c(N)c(-c3ccc(S(N)(=O)=O)cc3)c2)cccc1C(=O)O. The number of benzene rings is 3. The fraction of sp³-hybridized carbons (Fsp3) is 0.0833. The molecular weight excluding hydrogens is 458 g/mol. The fourth-order valence-corrected chi connectivity index (χ4v) is 3.88. The quantitative estimate of drug-likeness (QED) is 0.308. The molecule has 0 bridgehead atoms. The molecular formula is C24H21N3O6S. The number of nitrogen functional groups attached to an aromatic ring is 1. The van der Waals surface area contributed by atoms with Gasteiger partial charge in [-0.25, -0.2) is 18.4 Å². The van der Waals surface area contributed by atoms with E-state index in [0.29, 0.717) is 22.3 Å². The molecule has 0 fully saturated rings. The van der Waals surface area contributed by atoms with Crippen molar-refractivity contribution in [1.82, 2.24) is 0 Å². The van der Waals surface area contributed by atoms with Crippen LogP contribution in [-0.4, -0.2) is 32.5 Å². The standard InChI is InChI=1S/C24H21N3O6S/c1-33-22-16(6-3-7-18(22)24(29)30)5-2-4-14-12-19(21(25)20(13-14)23(26)28)15-8-10-17(11-9-15)34(27,31)32/h3,6-13H,5,25H2,1H3,(H2,26,28)(H,29,30)(H2,27,31,32). The van der Waals surface area contributed by atoms with Gasteiger partial charge >= 0.3 is 5.97 Å². The van der Waals surface area contributed by atoms with Crippen LogP contribution in [0.25, 0.3) is 11.1 Å². The third-order valence-corrected chi connectivity index (χ3v) is 5.91. The lowest BCUT2D eigenvalue weighted by Crippen LogP contribution is -2.14. The zero-order chi connectivity index (χ0) is 25.0. The first kappa shape index (κ1) is 24.3. The van der Waals surface area contributed by atoms with E-state index in [9.17, 15) is 23.1 Å². The zero-order valence-electron chi connectivity index (χ0n) is 18.0. The number of carbonyl (C=O) groups is 2. The Labute approximate surface area is 196 Å². The van der Waals surface area contributed by atoms with Gasteiger partial charge in [-0.2, -0.15) is 0 Å². The minimum absolute atomic E-state index is 0.0236. The van der Waals surface area contributed by atoms with Crippen molar-refractivity contribution in [2.75, 3.05) is 12.8 Å². The van der Waals surface area contributed by atoms with Crippen molar-refractivity contribution in [3.8, 4) is 28.7 Å². The summed E-state index contributed by atoms with van der Waals surface area (Å²) in [6.07, 6.45) is 0.180. The molecule has 0 saturated carbocycles. The molecule has 9 nitrogen and oxygen atoms in total. The summed E-state index contributed by atoms with van der Waals surface area (Å²) in [6, 6.07) is 13.5. The highest BCUT2D eigenvalue weighted by atomic mass is 32.2. The summed E-state index contributed by atoms with van der Waals surface area (Å²) in [5.74, 6) is 4.22. The molecule has 3 rings (SSSR count). The molecule has 0 aliphatic heterocycles. The average Bonchev–Trinajstić information content (AvgIpc) is 2.79. The Kier molecular flexibility index (Phi) is 6.91. The van der Waals surface area contributed by atoms with E-state index < -0.39 is 21.9 Å². The number of methoxy groups -OCH3 is 1. The van der Waals surface area contributed by atoms with Crippen molar-refractivity contribution in [3.63, 3.8) is 0 Å². The minimum Gasteiger partial charge on any atom is -0.496 e. The van der Waals surface area contributed by atoms with Gasteiger partial charge in [-0.3, -0.25) is 4.79 Å². The van der Waals surface area contributed by atoms with Gasteiger partial charge in [0.25, 0.3) is 5.91 Å². The molecule has 0 aromatic heterocycles. The van der Waals surface area contributed by atoms with E-state index in [4.69, 9.17) is 21.3 Å². The molecule has 0 unspecified atom stereocenters. The van der Waals surface area contributed by atoms with Gasteiger partial charge < -0.3 is 21.3 Å². The van der Waals surface area contributed by atoms with Crippen molar-refractivity contribution in [2.45, 2.75) is 11.3 Å². The third kappa shape index (κ3) is 5.17. The maximum absolute atomic E-state index is 11.9. The molecule has 10 heteroatoms. The molecule has 174 valence electrons. The summed E-state index contributed by atoms with van der Waals surface area (Å²) in [5.41, 5.74) is 13.8. The number of anilines is 1. The molecule has 3 aromatic carbocycles. The first-order valence-corrected chi connectivity index (χ1v) is 11.3. The van der Waals surface area contributed by atoms with Crippen LogP contribution in [0.5, 0.6) is 5.75 Å². The van der Waals surface area contributed by atoms with Crippen LogP contribution in [0.15, 0.2) is 59.5 Å². The number of para-hydroxylation sites is 1. The molecule has 7 N–H and O–H groups in total.